The summed E-state index contributed by atoms with van der Waals surface area (Å²) in [6, 6.07) is 14.0. The molecular weight excluding hydrogens is 282 g/mol. The number of nitrogens with zero attached hydrogens (tertiary/aromatic N) is 2. The molecule has 108 valence electrons. The van der Waals surface area contributed by atoms with Crippen LogP contribution in [0.1, 0.15) is 19.4 Å². The number of fused-ring (bicyclic) bond motifs is 2. The quantitative estimate of drug-likeness (QED) is 0.861. The van der Waals surface area contributed by atoms with Crippen LogP contribution in [0.5, 0.6) is 0 Å². The number of benzene rings is 2. The summed E-state index contributed by atoms with van der Waals surface area (Å²) in [7, 11) is 0. The first-order chi connectivity index (χ1) is 10.2. The summed E-state index contributed by atoms with van der Waals surface area (Å²) in [5, 5.41) is 4.16. The average Bonchev–Trinajstić information content (AvgIpc) is 2.65. The molecule has 3 rings (SSSR count). The number of hydrogen-bond donors (Lipinski definition) is 1. The summed E-state index contributed by atoms with van der Waals surface area (Å²) >= 11 is 6.13. The van der Waals surface area contributed by atoms with Crippen LogP contribution >= 0.6 is 11.6 Å². The van der Waals surface area contributed by atoms with E-state index in [2.05, 4.69) is 36.2 Å². The number of rotatable bonds is 2. The van der Waals surface area contributed by atoms with Crippen molar-refractivity contribution in [1.29, 1.82) is 0 Å². The molecule has 0 saturated heterocycles. The largest absolute Gasteiger partial charge is 0.357 e. The lowest BCUT2D eigenvalue weighted by molar-refractivity contribution is 0.467. The van der Waals surface area contributed by atoms with Crippen molar-refractivity contribution in [2.24, 2.45) is 4.99 Å². The van der Waals surface area contributed by atoms with Crippen LogP contribution in [0.25, 0.3) is 0 Å². The summed E-state index contributed by atoms with van der Waals surface area (Å²) in [5.74, 6) is 0.990. The highest BCUT2D eigenvalue weighted by Crippen LogP contribution is 2.36. The maximum absolute atomic E-state index is 6.13. The summed E-state index contributed by atoms with van der Waals surface area (Å²) < 4.78 is 0. The Morgan fingerprint density at radius 1 is 1.05 bits per heavy atom. The van der Waals surface area contributed by atoms with Crippen LogP contribution in [0.4, 0.5) is 17.1 Å². The van der Waals surface area contributed by atoms with Gasteiger partial charge in [0.1, 0.15) is 5.84 Å². The standard InChI is InChI=1S/C17H18ClN3/c1-3-21(4-2)17-13-7-5-6-8-14(13)19-15-10-9-12(18)11-16(15)20-17/h5-11,19H,3-4H2,1-2H3. The van der Waals surface area contributed by atoms with Crippen molar-refractivity contribution in [3.05, 3.63) is 53.1 Å². The second-order valence-electron chi connectivity index (χ2n) is 4.94. The van der Waals surface area contributed by atoms with Gasteiger partial charge in [-0.3, -0.25) is 0 Å². The fraction of sp³-hybridized carbons (Fsp3) is 0.235. The van der Waals surface area contributed by atoms with Gasteiger partial charge < -0.3 is 10.2 Å². The molecule has 0 aromatic heterocycles. The highest BCUT2D eigenvalue weighted by Gasteiger charge is 2.19. The van der Waals surface area contributed by atoms with Gasteiger partial charge >= 0.3 is 0 Å². The lowest BCUT2D eigenvalue weighted by Crippen LogP contribution is -2.31. The minimum atomic E-state index is 0.698. The summed E-state index contributed by atoms with van der Waals surface area (Å²) in [5.41, 5.74) is 4.05. The van der Waals surface area contributed by atoms with E-state index in [0.717, 1.165) is 41.6 Å². The summed E-state index contributed by atoms with van der Waals surface area (Å²) in [4.78, 5) is 7.14. The highest BCUT2D eigenvalue weighted by atomic mass is 35.5. The van der Waals surface area contributed by atoms with Crippen LogP contribution < -0.4 is 5.32 Å². The van der Waals surface area contributed by atoms with Gasteiger partial charge in [-0.15, -0.1) is 0 Å². The van der Waals surface area contributed by atoms with Gasteiger partial charge in [-0.2, -0.15) is 0 Å². The lowest BCUT2D eigenvalue weighted by atomic mass is 10.1. The Morgan fingerprint density at radius 3 is 2.57 bits per heavy atom. The molecule has 1 N–H and O–H groups in total. The zero-order chi connectivity index (χ0) is 14.8. The highest BCUT2D eigenvalue weighted by molar-refractivity contribution is 6.31. The van der Waals surface area contributed by atoms with Crippen LogP contribution in [0.15, 0.2) is 47.5 Å². The van der Waals surface area contributed by atoms with Gasteiger partial charge in [-0.1, -0.05) is 23.7 Å². The predicted molar refractivity (Wildman–Crippen MR) is 90.3 cm³/mol. The van der Waals surface area contributed by atoms with Crippen LogP contribution in [0.3, 0.4) is 0 Å². The molecule has 1 aliphatic heterocycles. The van der Waals surface area contributed by atoms with E-state index in [0.29, 0.717) is 5.02 Å². The molecule has 2 aromatic rings. The van der Waals surface area contributed by atoms with Crippen LogP contribution in [0, 0.1) is 0 Å². The molecule has 0 spiro atoms. The molecule has 21 heavy (non-hydrogen) atoms. The smallest absolute Gasteiger partial charge is 0.138 e. The SMILES string of the molecule is CCN(CC)C1=Nc2cc(Cl)ccc2Nc2ccccc21. The molecule has 2 aromatic carbocycles. The van der Waals surface area contributed by atoms with Crippen LogP contribution in [-0.4, -0.2) is 23.8 Å². The number of nitrogens with one attached hydrogen (secondary N) is 1. The van der Waals surface area contributed by atoms with Gasteiger partial charge in [-0.25, -0.2) is 4.99 Å². The normalized spacial score (nSPS) is 12.6. The van der Waals surface area contributed by atoms with Crippen molar-refractivity contribution in [1.82, 2.24) is 4.90 Å². The van der Waals surface area contributed by atoms with Crippen molar-refractivity contribution < 1.29 is 0 Å². The molecule has 0 atom stereocenters. The molecule has 1 aliphatic rings. The number of halogens is 1. The van der Waals surface area contributed by atoms with Gasteiger partial charge in [0.15, 0.2) is 0 Å². The van der Waals surface area contributed by atoms with E-state index >= 15 is 0 Å². The molecule has 0 amide bonds. The third kappa shape index (κ3) is 2.61. The predicted octanol–water partition coefficient (Wildman–Crippen LogP) is 4.82. The first kappa shape index (κ1) is 14.0. The van der Waals surface area contributed by atoms with E-state index in [-0.39, 0.29) is 0 Å². The molecule has 0 saturated carbocycles. The Kier molecular flexibility index (Phi) is 3.84. The molecular formula is C17H18ClN3. The van der Waals surface area contributed by atoms with E-state index in [4.69, 9.17) is 16.6 Å². The third-order valence-corrected chi connectivity index (χ3v) is 3.92. The topological polar surface area (TPSA) is 27.6 Å². The molecule has 1 heterocycles. The van der Waals surface area contributed by atoms with E-state index in [1.54, 1.807) is 0 Å². The van der Waals surface area contributed by atoms with Crippen molar-refractivity contribution in [2.45, 2.75) is 13.8 Å². The molecule has 0 bridgehead atoms. The molecule has 4 heteroatoms. The number of anilines is 2. The molecule has 3 nitrogen and oxygen atoms in total. The maximum atomic E-state index is 6.13. The number of hydrogen-bond acceptors (Lipinski definition) is 3. The van der Waals surface area contributed by atoms with E-state index in [1.165, 1.54) is 0 Å². The Labute approximate surface area is 130 Å². The van der Waals surface area contributed by atoms with Gasteiger partial charge in [0.2, 0.25) is 0 Å². The van der Waals surface area contributed by atoms with Gasteiger partial charge in [0.05, 0.1) is 11.4 Å². The molecule has 0 fully saturated rings. The zero-order valence-corrected chi connectivity index (χ0v) is 13.0. The van der Waals surface area contributed by atoms with Crippen molar-refractivity contribution in [2.75, 3.05) is 18.4 Å². The second kappa shape index (κ2) is 5.78. The van der Waals surface area contributed by atoms with E-state index in [1.807, 2.05) is 30.3 Å². The third-order valence-electron chi connectivity index (χ3n) is 3.69. The monoisotopic (exact) mass is 299 g/mol. The van der Waals surface area contributed by atoms with E-state index in [9.17, 15) is 0 Å². The van der Waals surface area contributed by atoms with Gasteiger partial charge in [0, 0.05) is 29.4 Å². The number of amidine groups is 1. The Bertz CT molecular complexity index is 690. The minimum absolute atomic E-state index is 0.698. The van der Waals surface area contributed by atoms with Crippen molar-refractivity contribution >= 4 is 34.5 Å². The summed E-state index contributed by atoms with van der Waals surface area (Å²) in [6.45, 7) is 6.12. The molecule has 0 radical (unpaired) electrons. The lowest BCUT2D eigenvalue weighted by Gasteiger charge is -2.23. The number of para-hydroxylation sites is 1. The Balaban J connectivity index is 2.22. The number of aliphatic imine (C=N–C) groups is 1. The Morgan fingerprint density at radius 2 is 1.81 bits per heavy atom. The van der Waals surface area contributed by atoms with Crippen molar-refractivity contribution in [3.63, 3.8) is 0 Å². The zero-order valence-electron chi connectivity index (χ0n) is 12.2. The van der Waals surface area contributed by atoms with E-state index < -0.39 is 0 Å². The van der Waals surface area contributed by atoms with Crippen LogP contribution in [-0.2, 0) is 0 Å². The van der Waals surface area contributed by atoms with Gasteiger partial charge in [0.25, 0.3) is 0 Å². The minimum Gasteiger partial charge on any atom is -0.357 e. The fourth-order valence-corrected chi connectivity index (χ4v) is 2.74. The first-order valence-electron chi connectivity index (χ1n) is 7.22. The first-order valence-corrected chi connectivity index (χ1v) is 7.60. The Hall–Kier alpha value is -2.00. The second-order valence-corrected chi connectivity index (χ2v) is 5.38. The molecule has 0 aliphatic carbocycles. The van der Waals surface area contributed by atoms with Crippen molar-refractivity contribution in [3.8, 4) is 0 Å². The summed E-state index contributed by atoms with van der Waals surface area (Å²) in [6.07, 6.45) is 0. The fourth-order valence-electron chi connectivity index (χ4n) is 2.57. The molecule has 0 unspecified atom stereocenters. The maximum Gasteiger partial charge on any atom is 0.138 e. The van der Waals surface area contributed by atoms with Crippen LogP contribution in [0.2, 0.25) is 5.02 Å². The van der Waals surface area contributed by atoms with Gasteiger partial charge in [-0.05, 0) is 44.2 Å². The average molecular weight is 300 g/mol.